The van der Waals surface area contributed by atoms with Crippen molar-refractivity contribution in [2.75, 3.05) is 6.61 Å². The van der Waals surface area contributed by atoms with E-state index in [-0.39, 0.29) is 23.2 Å². The van der Waals surface area contributed by atoms with Crippen molar-refractivity contribution in [3.8, 4) is 5.75 Å². The van der Waals surface area contributed by atoms with Crippen LogP contribution in [0, 0.1) is 23.4 Å². The summed E-state index contributed by atoms with van der Waals surface area (Å²) in [5.74, 6) is -1.99. The Hall–Kier alpha value is -2.50. The maximum Gasteiger partial charge on any atom is 0.341 e. The Bertz CT molecular complexity index is 1050. The second-order valence-electron chi connectivity index (χ2n) is 10.9. The van der Waals surface area contributed by atoms with Crippen molar-refractivity contribution >= 4 is 5.97 Å². The van der Waals surface area contributed by atoms with Crippen molar-refractivity contribution < 1.29 is 27.4 Å². The lowest BCUT2D eigenvalue weighted by Crippen LogP contribution is -2.25. The average Bonchev–Trinajstić information content (AvgIpc) is 2.89. The van der Waals surface area contributed by atoms with Crippen molar-refractivity contribution in [3.05, 3.63) is 64.5 Å². The lowest BCUT2D eigenvalue weighted by Gasteiger charge is -2.29. The Morgan fingerprint density at radius 1 is 0.838 bits per heavy atom. The number of rotatable bonds is 9. The number of carbonyl (C=O) groups excluding carboxylic acids is 1. The molecule has 0 amide bonds. The highest BCUT2D eigenvalue weighted by Gasteiger charge is 2.30. The van der Waals surface area contributed by atoms with Crippen LogP contribution in [0.2, 0.25) is 0 Å². The molecule has 0 aliphatic heterocycles. The quantitative estimate of drug-likeness (QED) is 0.247. The van der Waals surface area contributed by atoms with Gasteiger partial charge in [0.1, 0.15) is 17.7 Å². The van der Waals surface area contributed by atoms with Gasteiger partial charge in [-0.3, -0.25) is 0 Å². The van der Waals surface area contributed by atoms with Crippen LogP contribution in [0.1, 0.15) is 118 Å². The van der Waals surface area contributed by atoms with Gasteiger partial charge in [-0.25, -0.2) is 18.0 Å². The first-order valence-corrected chi connectivity index (χ1v) is 14.0. The van der Waals surface area contributed by atoms with Crippen LogP contribution in [-0.2, 0) is 4.74 Å². The Balaban J connectivity index is 1.30. The third-order valence-corrected chi connectivity index (χ3v) is 8.16. The number of ether oxygens (including phenoxy) is 2. The summed E-state index contributed by atoms with van der Waals surface area (Å²) in [5.41, 5.74) is 0.653. The fraction of sp³-hybridized carbons (Fsp3) is 0.581. The fourth-order valence-electron chi connectivity index (χ4n) is 5.79. The molecule has 2 aliphatic carbocycles. The number of hydrogen-bond donors (Lipinski definition) is 0. The van der Waals surface area contributed by atoms with E-state index in [1.807, 2.05) is 6.07 Å². The van der Waals surface area contributed by atoms with Crippen LogP contribution in [0.3, 0.4) is 0 Å². The highest BCUT2D eigenvalue weighted by Crippen LogP contribution is 2.39. The van der Waals surface area contributed by atoms with E-state index in [9.17, 15) is 18.0 Å². The summed E-state index contributed by atoms with van der Waals surface area (Å²) >= 11 is 0. The number of halogens is 3. The molecule has 2 aromatic rings. The summed E-state index contributed by atoms with van der Waals surface area (Å²) in [4.78, 5) is 12.7. The minimum Gasteiger partial charge on any atom is -0.493 e. The molecule has 0 bridgehead atoms. The molecule has 0 spiro atoms. The summed E-state index contributed by atoms with van der Waals surface area (Å²) in [7, 11) is 0. The van der Waals surface area contributed by atoms with Crippen LogP contribution in [0.15, 0.2) is 30.3 Å². The van der Waals surface area contributed by atoms with Gasteiger partial charge in [-0.15, -0.1) is 0 Å². The molecule has 0 aromatic heterocycles. The number of esters is 1. The molecule has 0 unspecified atom stereocenters. The van der Waals surface area contributed by atoms with E-state index in [1.165, 1.54) is 12.1 Å². The molecular formula is C31H39F3O3. The van der Waals surface area contributed by atoms with Gasteiger partial charge in [0.25, 0.3) is 0 Å². The summed E-state index contributed by atoms with van der Waals surface area (Å²) < 4.78 is 55.7. The molecule has 2 aromatic carbocycles. The van der Waals surface area contributed by atoms with E-state index in [2.05, 4.69) is 13.8 Å². The second kappa shape index (κ2) is 12.8. The van der Waals surface area contributed by atoms with Crippen LogP contribution in [-0.4, -0.2) is 18.7 Å². The van der Waals surface area contributed by atoms with E-state index >= 15 is 0 Å². The highest BCUT2D eigenvalue weighted by atomic mass is 19.2. The zero-order valence-corrected chi connectivity index (χ0v) is 22.0. The Kier molecular flexibility index (Phi) is 9.55. The van der Waals surface area contributed by atoms with Gasteiger partial charge < -0.3 is 9.47 Å². The van der Waals surface area contributed by atoms with Crippen LogP contribution < -0.4 is 4.74 Å². The summed E-state index contributed by atoms with van der Waals surface area (Å²) in [6.45, 7) is 4.88. The molecule has 202 valence electrons. The van der Waals surface area contributed by atoms with E-state index in [0.717, 1.165) is 44.9 Å². The van der Waals surface area contributed by atoms with Gasteiger partial charge in [-0.05, 0) is 86.0 Å². The fourth-order valence-corrected chi connectivity index (χ4v) is 5.79. The van der Waals surface area contributed by atoms with Crippen LogP contribution >= 0.6 is 0 Å². The van der Waals surface area contributed by atoms with Crippen molar-refractivity contribution in [3.63, 3.8) is 0 Å². The summed E-state index contributed by atoms with van der Waals surface area (Å²) in [6.07, 6.45) is 8.81. The average molecular weight is 517 g/mol. The maximum atomic E-state index is 14.9. The zero-order valence-electron chi connectivity index (χ0n) is 22.0. The normalized spacial score (nSPS) is 24.0. The number of benzene rings is 2. The van der Waals surface area contributed by atoms with Gasteiger partial charge >= 0.3 is 5.97 Å². The van der Waals surface area contributed by atoms with Gasteiger partial charge in [-0.2, -0.15) is 0 Å². The molecule has 3 nitrogen and oxygen atoms in total. The third-order valence-electron chi connectivity index (χ3n) is 8.16. The SMILES string of the molecule is CCCCCOc1ccc(C2CCC(OC(=O)c3ccc(C4CCC(C)CC4)c(F)c3F)CC2)c(F)c1. The van der Waals surface area contributed by atoms with Gasteiger partial charge in [0.05, 0.1) is 12.2 Å². The molecule has 0 saturated heterocycles. The topological polar surface area (TPSA) is 35.5 Å². The summed E-state index contributed by atoms with van der Waals surface area (Å²) in [5, 5.41) is 0. The standard InChI is InChI=1S/C31H39F3O3/c1-3-4-5-18-36-24-14-15-25(28(32)19-24)21-10-12-23(13-11-21)37-31(35)27-17-16-26(29(33)30(27)34)22-8-6-20(2)7-9-22/h14-17,19-23H,3-13,18H2,1-2H3. The van der Waals surface area contributed by atoms with Crippen LogP contribution in [0.25, 0.3) is 0 Å². The largest absolute Gasteiger partial charge is 0.493 e. The molecule has 0 atom stereocenters. The van der Waals surface area contributed by atoms with E-state index in [4.69, 9.17) is 9.47 Å². The van der Waals surface area contributed by atoms with Gasteiger partial charge in [0, 0.05) is 6.07 Å². The minimum atomic E-state index is -1.12. The molecule has 0 N–H and O–H groups in total. The number of carbonyl (C=O) groups is 1. The van der Waals surface area contributed by atoms with E-state index in [1.54, 1.807) is 12.1 Å². The molecule has 6 heteroatoms. The minimum absolute atomic E-state index is 0.00636. The first-order valence-electron chi connectivity index (χ1n) is 14.0. The summed E-state index contributed by atoms with van der Waals surface area (Å²) in [6, 6.07) is 7.95. The van der Waals surface area contributed by atoms with Crippen molar-refractivity contribution in [1.29, 1.82) is 0 Å². The monoisotopic (exact) mass is 516 g/mol. The molecule has 2 saturated carbocycles. The lowest BCUT2D eigenvalue weighted by molar-refractivity contribution is 0.0188. The Labute approximate surface area is 218 Å². The smallest absolute Gasteiger partial charge is 0.341 e. The van der Waals surface area contributed by atoms with E-state index < -0.39 is 23.7 Å². The molecule has 37 heavy (non-hydrogen) atoms. The number of hydrogen-bond acceptors (Lipinski definition) is 3. The maximum absolute atomic E-state index is 14.9. The zero-order chi connectivity index (χ0) is 26.4. The van der Waals surface area contributed by atoms with E-state index in [0.29, 0.717) is 55.1 Å². The molecular weight excluding hydrogens is 477 g/mol. The molecule has 2 aliphatic rings. The predicted molar refractivity (Wildman–Crippen MR) is 139 cm³/mol. The van der Waals surface area contributed by atoms with Crippen molar-refractivity contribution in [1.82, 2.24) is 0 Å². The second-order valence-corrected chi connectivity index (χ2v) is 10.9. The molecule has 0 radical (unpaired) electrons. The van der Waals surface area contributed by atoms with Crippen LogP contribution in [0.4, 0.5) is 13.2 Å². The first-order chi connectivity index (χ1) is 17.9. The van der Waals surface area contributed by atoms with Crippen molar-refractivity contribution in [2.45, 2.75) is 102 Å². The molecule has 0 heterocycles. The Morgan fingerprint density at radius 3 is 2.16 bits per heavy atom. The predicted octanol–water partition coefficient (Wildman–Crippen LogP) is 8.85. The highest BCUT2D eigenvalue weighted by molar-refractivity contribution is 5.90. The van der Waals surface area contributed by atoms with Crippen molar-refractivity contribution in [2.24, 2.45) is 5.92 Å². The molecule has 4 rings (SSSR count). The lowest BCUT2D eigenvalue weighted by atomic mass is 9.79. The van der Waals surface area contributed by atoms with Crippen LogP contribution in [0.5, 0.6) is 5.75 Å². The number of unbranched alkanes of at least 4 members (excludes halogenated alkanes) is 2. The van der Waals surface area contributed by atoms with Gasteiger partial charge in [0.2, 0.25) is 0 Å². The third kappa shape index (κ3) is 6.88. The molecule has 2 fully saturated rings. The first kappa shape index (κ1) is 27.5. The van der Waals surface area contributed by atoms with Gasteiger partial charge in [0.15, 0.2) is 11.6 Å². The Morgan fingerprint density at radius 2 is 1.49 bits per heavy atom. The van der Waals surface area contributed by atoms with Gasteiger partial charge in [-0.1, -0.05) is 51.7 Å².